The zero-order valence-corrected chi connectivity index (χ0v) is 7.94. The molecule has 0 fully saturated rings. The molecule has 0 aromatic heterocycles. The Labute approximate surface area is 78.5 Å². The largest absolute Gasteiger partial charge is 0.395 e. The first-order valence-electron chi connectivity index (χ1n) is 3.90. The summed E-state index contributed by atoms with van der Waals surface area (Å²) in [5.74, 6) is -0.481. The van der Waals surface area contributed by atoms with Crippen LogP contribution in [0.25, 0.3) is 0 Å². The molecule has 0 saturated heterocycles. The molecule has 5 heteroatoms. The average Bonchev–Trinajstić information content (AvgIpc) is 2.06. The van der Waals surface area contributed by atoms with Gasteiger partial charge in [0.2, 0.25) is 5.91 Å². The maximum absolute atomic E-state index is 9.47. The molecular formula is C8H18N2O3. The quantitative estimate of drug-likeness (QED) is 0.463. The van der Waals surface area contributed by atoms with Crippen molar-refractivity contribution < 1.29 is 15.0 Å². The van der Waals surface area contributed by atoms with Crippen molar-refractivity contribution in [3.8, 4) is 0 Å². The van der Waals surface area contributed by atoms with Crippen LogP contribution in [0.15, 0.2) is 12.7 Å². The second kappa shape index (κ2) is 11.1. The Bertz CT molecular complexity index is 133. The topological polar surface area (TPSA) is 86.8 Å². The summed E-state index contributed by atoms with van der Waals surface area (Å²) in [5, 5.41) is 16.7. The number of hydrogen-bond acceptors (Lipinski definition) is 4. The number of carbonyl (C=O) groups excluding carboxylic acids is 1. The van der Waals surface area contributed by atoms with Crippen molar-refractivity contribution in [2.45, 2.75) is 0 Å². The first kappa shape index (κ1) is 14.6. The summed E-state index contributed by atoms with van der Waals surface area (Å²) in [5.41, 5.74) is 4.53. The van der Waals surface area contributed by atoms with Crippen LogP contribution in [0, 0.1) is 0 Å². The minimum atomic E-state index is -0.481. The number of amides is 1. The van der Waals surface area contributed by atoms with Gasteiger partial charge >= 0.3 is 0 Å². The van der Waals surface area contributed by atoms with Gasteiger partial charge in [0.05, 0.1) is 13.2 Å². The molecule has 0 bridgehead atoms. The minimum absolute atomic E-state index is 0.163. The maximum atomic E-state index is 9.47. The van der Waals surface area contributed by atoms with Gasteiger partial charge in [-0.1, -0.05) is 6.58 Å². The Hall–Kier alpha value is -0.910. The Morgan fingerprint density at radius 3 is 1.92 bits per heavy atom. The highest BCUT2D eigenvalue weighted by Gasteiger charge is 1.91. The van der Waals surface area contributed by atoms with Crippen LogP contribution < -0.4 is 5.73 Å². The zero-order valence-electron chi connectivity index (χ0n) is 7.94. The molecule has 78 valence electrons. The average molecular weight is 190 g/mol. The van der Waals surface area contributed by atoms with E-state index in [1.807, 2.05) is 11.9 Å². The summed E-state index contributed by atoms with van der Waals surface area (Å²) >= 11 is 0. The Balaban J connectivity index is 0. The van der Waals surface area contributed by atoms with Gasteiger partial charge in [-0.3, -0.25) is 4.79 Å². The van der Waals surface area contributed by atoms with Gasteiger partial charge in [0, 0.05) is 13.1 Å². The second-order valence-electron chi connectivity index (χ2n) is 2.36. The van der Waals surface area contributed by atoms with Gasteiger partial charge in [0.15, 0.2) is 0 Å². The van der Waals surface area contributed by atoms with Gasteiger partial charge < -0.3 is 20.8 Å². The standard InChI is InChI=1S/C5H13NO2.C3H5NO/c1-6(2-4-7)3-5-8;1-2-3(4)5/h7-8H,2-5H2,1H3;2H,1H2,(H2,4,5). The van der Waals surface area contributed by atoms with Gasteiger partial charge in [-0.2, -0.15) is 0 Å². The van der Waals surface area contributed by atoms with E-state index >= 15 is 0 Å². The highest BCUT2D eigenvalue weighted by atomic mass is 16.3. The lowest BCUT2D eigenvalue weighted by Gasteiger charge is -2.11. The third-order valence-electron chi connectivity index (χ3n) is 1.16. The molecule has 0 rings (SSSR count). The molecule has 0 aromatic carbocycles. The highest BCUT2D eigenvalue weighted by molar-refractivity contribution is 5.84. The van der Waals surface area contributed by atoms with E-state index in [2.05, 4.69) is 12.3 Å². The molecule has 0 aliphatic rings. The number of nitrogens with zero attached hydrogens (tertiary/aromatic N) is 1. The van der Waals surface area contributed by atoms with E-state index in [1.54, 1.807) is 0 Å². The van der Waals surface area contributed by atoms with Crippen molar-refractivity contribution in [3.63, 3.8) is 0 Å². The summed E-state index contributed by atoms with van der Waals surface area (Å²) in [6, 6.07) is 0. The van der Waals surface area contributed by atoms with E-state index in [1.165, 1.54) is 0 Å². The predicted molar refractivity (Wildman–Crippen MR) is 51.1 cm³/mol. The van der Waals surface area contributed by atoms with Crippen molar-refractivity contribution >= 4 is 5.91 Å². The summed E-state index contributed by atoms with van der Waals surface area (Å²) in [6.07, 6.45) is 1.06. The van der Waals surface area contributed by atoms with Crippen LogP contribution >= 0.6 is 0 Å². The smallest absolute Gasteiger partial charge is 0.240 e. The van der Waals surface area contributed by atoms with Gasteiger partial charge in [0.25, 0.3) is 0 Å². The molecule has 0 radical (unpaired) electrons. The van der Waals surface area contributed by atoms with Crippen LogP contribution in [0.3, 0.4) is 0 Å². The molecule has 0 heterocycles. The summed E-state index contributed by atoms with van der Waals surface area (Å²) in [6.45, 7) is 4.69. The van der Waals surface area contributed by atoms with E-state index in [-0.39, 0.29) is 13.2 Å². The molecule has 0 aliphatic carbocycles. The molecule has 4 N–H and O–H groups in total. The van der Waals surface area contributed by atoms with E-state index in [0.29, 0.717) is 13.1 Å². The molecule has 0 saturated carbocycles. The molecule has 0 spiro atoms. The first-order chi connectivity index (χ1) is 6.08. The third kappa shape index (κ3) is 18.2. The normalized spacial score (nSPS) is 8.92. The van der Waals surface area contributed by atoms with Crippen LogP contribution in [0.4, 0.5) is 0 Å². The third-order valence-corrected chi connectivity index (χ3v) is 1.16. The lowest BCUT2D eigenvalue weighted by atomic mass is 10.5. The lowest BCUT2D eigenvalue weighted by molar-refractivity contribution is -0.113. The summed E-state index contributed by atoms with van der Waals surface area (Å²) in [4.78, 5) is 11.3. The maximum Gasteiger partial charge on any atom is 0.240 e. The number of primary amides is 1. The Morgan fingerprint density at radius 1 is 1.46 bits per heavy atom. The van der Waals surface area contributed by atoms with E-state index in [4.69, 9.17) is 10.2 Å². The van der Waals surface area contributed by atoms with Gasteiger partial charge in [-0.25, -0.2) is 0 Å². The van der Waals surface area contributed by atoms with Crippen LogP contribution in [0.5, 0.6) is 0 Å². The van der Waals surface area contributed by atoms with Gasteiger partial charge in [-0.05, 0) is 13.1 Å². The zero-order chi connectivity index (χ0) is 10.7. The van der Waals surface area contributed by atoms with E-state index < -0.39 is 5.91 Å². The van der Waals surface area contributed by atoms with Crippen LogP contribution in [0.2, 0.25) is 0 Å². The van der Waals surface area contributed by atoms with Crippen LogP contribution in [-0.2, 0) is 4.79 Å². The molecule has 0 atom stereocenters. The van der Waals surface area contributed by atoms with Gasteiger partial charge in [-0.15, -0.1) is 0 Å². The van der Waals surface area contributed by atoms with E-state index in [0.717, 1.165) is 6.08 Å². The highest BCUT2D eigenvalue weighted by Crippen LogP contribution is 1.76. The predicted octanol–water partition coefficient (Wildman–Crippen LogP) is -1.44. The van der Waals surface area contributed by atoms with Crippen molar-refractivity contribution in [3.05, 3.63) is 12.7 Å². The lowest BCUT2D eigenvalue weighted by Crippen LogP contribution is -2.25. The Morgan fingerprint density at radius 2 is 1.77 bits per heavy atom. The van der Waals surface area contributed by atoms with Crippen LogP contribution in [0.1, 0.15) is 0 Å². The number of aliphatic hydroxyl groups excluding tert-OH is 2. The fourth-order valence-corrected chi connectivity index (χ4v) is 0.453. The van der Waals surface area contributed by atoms with Gasteiger partial charge in [0.1, 0.15) is 0 Å². The number of carbonyl (C=O) groups is 1. The summed E-state index contributed by atoms with van der Waals surface area (Å²) < 4.78 is 0. The second-order valence-corrected chi connectivity index (χ2v) is 2.36. The molecule has 13 heavy (non-hydrogen) atoms. The number of likely N-dealkylation sites (N-methyl/N-ethyl adjacent to an activating group) is 1. The Kier molecular flexibility index (Phi) is 12.5. The molecule has 0 unspecified atom stereocenters. The number of aliphatic hydroxyl groups is 2. The number of rotatable bonds is 5. The van der Waals surface area contributed by atoms with Crippen molar-refractivity contribution in [2.24, 2.45) is 5.73 Å². The molecule has 1 amide bonds. The monoisotopic (exact) mass is 190 g/mol. The molecule has 0 aliphatic heterocycles. The van der Waals surface area contributed by atoms with Crippen LogP contribution in [-0.4, -0.2) is 54.4 Å². The van der Waals surface area contributed by atoms with E-state index in [9.17, 15) is 4.79 Å². The number of hydrogen-bond donors (Lipinski definition) is 3. The SMILES string of the molecule is C=CC(N)=O.CN(CCO)CCO. The van der Waals surface area contributed by atoms with Crippen molar-refractivity contribution in [1.82, 2.24) is 4.90 Å². The fraction of sp³-hybridized carbons (Fsp3) is 0.625. The van der Waals surface area contributed by atoms with Crippen molar-refractivity contribution in [2.75, 3.05) is 33.4 Å². The molecule has 0 aromatic rings. The first-order valence-corrected chi connectivity index (χ1v) is 3.90. The fourth-order valence-electron chi connectivity index (χ4n) is 0.453. The molecular weight excluding hydrogens is 172 g/mol. The summed E-state index contributed by atoms with van der Waals surface area (Å²) in [7, 11) is 1.85. The van der Waals surface area contributed by atoms with Crippen molar-refractivity contribution in [1.29, 1.82) is 0 Å². The molecule has 5 nitrogen and oxygen atoms in total. The number of nitrogens with two attached hydrogens (primary N) is 1. The minimum Gasteiger partial charge on any atom is -0.395 e.